The summed E-state index contributed by atoms with van der Waals surface area (Å²) in [6, 6.07) is 13.7. The molecule has 27 heavy (non-hydrogen) atoms. The van der Waals surface area contributed by atoms with Crippen LogP contribution in [0.2, 0.25) is 0 Å². The molecule has 1 amide bonds. The number of ether oxygens (including phenoxy) is 2. The van der Waals surface area contributed by atoms with E-state index in [-0.39, 0.29) is 5.78 Å². The van der Waals surface area contributed by atoms with E-state index in [1.54, 1.807) is 0 Å². The lowest BCUT2D eigenvalue weighted by Crippen LogP contribution is -2.43. The Balaban J connectivity index is 1.75. The van der Waals surface area contributed by atoms with Crippen molar-refractivity contribution in [3.8, 4) is 5.75 Å². The highest BCUT2D eigenvalue weighted by Crippen LogP contribution is 2.10. The number of hydrogen-bond acceptors (Lipinski definition) is 5. The Morgan fingerprint density at radius 1 is 1.00 bits per heavy atom. The second kappa shape index (κ2) is 10.1. The molecule has 0 unspecified atom stereocenters. The zero-order valence-electron chi connectivity index (χ0n) is 14.8. The van der Waals surface area contributed by atoms with Crippen LogP contribution in [0.25, 0.3) is 0 Å². The van der Waals surface area contributed by atoms with Crippen LogP contribution in [-0.2, 0) is 25.5 Å². The van der Waals surface area contributed by atoms with E-state index in [1.807, 2.05) is 30.3 Å². The summed E-state index contributed by atoms with van der Waals surface area (Å²) >= 11 is 0. The van der Waals surface area contributed by atoms with Crippen molar-refractivity contribution in [1.29, 1.82) is 0 Å². The molecule has 2 aromatic rings. The molecular weight excluding hydrogens is 353 g/mol. The smallest absolute Gasteiger partial charge is 0.344 e. The number of halogens is 1. The van der Waals surface area contributed by atoms with Gasteiger partial charge in [0.25, 0.3) is 5.91 Å². The third kappa shape index (κ3) is 7.27. The second-order valence-corrected chi connectivity index (χ2v) is 5.82. The molecule has 2 aromatic carbocycles. The quantitative estimate of drug-likeness (QED) is 0.681. The van der Waals surface area contributed by atoms with Gasteiger partial charge in [0.05, 0.1) is 6.04 Å². The number of Topliss-reactive ketones (excluding diaryl/α,β-unsaturated/α-hetero) is 1. The highest BCUT2D eigenvalue weighted by Gasteiger charge is 2.18. The molecule has 0 radical (unpaired) electrons. The molecular formula is C20H20FNO5. The van der Waals surface area contributed by atoms with Crippen LogP contribution in [0.15, 0.2) is 54.6 Å². The maximum Gasteiger partial charge on any atom is 0.344 e. The minimum absolute atomic E-state index is 0.196. The number of hydrogen-bond donors (Lipinski definition) is 1. The van der Waals surface area contributed by atoms with Crippen molar-refractivity contribution < 1.29 is 28.2 Å². The molecule has 0 aliphatic carbocycles. The molecule has 142 valence electrons. The minimum Gasteiger partial charge on any atom is -0.482 e. The number of esters is 1. The van der Waals surface area contributed by atoms with Gasteiger partial charge in [-0.1, -0.05) is 30.3 Å². The van der Waals surface area contributed by atoms with E-state index < -0.39 is 36.9 Å². The van der Waals surface area contributed by atoms with Gasteiger partial charge in [-0.3, -0.25) is 9.59 Å². The van der Waals surface area contributed by atoms with E-state index in [0.29, 0.717) is 12.2 Å². The lowest BCUT2D eigenvalue weighted by Gasteiger charge is -2.16. The first kappa shape index (κ1) is 20.1. The van der Waals surface area contributed by atoms with E-state index >= 15 is 0 Å². The molecule has 6 nitrogen and oxygen atoms in total. The summed E-state index contributed by atoms with van der Waals surface area (Å²) < 4.78 is 22.7. The zero-order valence-corrected chi connectivity index (χ0v) is 14.8. The van der Waals surface area contributed by atoms with Gasteiger partial charge in [-0.15, -0.1) is 0 Å². The maximum atomic E-state index is 12.8. The molecule has 0 saturated heterocycles. The Morgan fingerprint density at radius 2 is 1.67 bits per heavy atom. The third-order valence-corrected chi connectivity index (χ3v) is 3.64. The van der Waals surface area contributed by atoms with Crippen LogP contribution in [0.3, 0.4) is 0 Å². The zero-order chi connectivity index (χ0) is 19.6. The van der Waals surface area contributed by atoms with Gasteiger partial charge in [0.1, 0.15) is 11.6 Å². The highest BCUT2D eigenvalue weighted by atomic mass is 19.1. The summed E-state index contributed by atoms with van der Waals surface area (Å²) in [5, 5.41) is 2.55. The average molecular weight is 373 g/mol. The van der Waals surface area contributed by atoms with Gasteiger partial charge >= 0.3 is 5.97 Å². The Kier molecular flexibility index (Phi) is 7.49. The van der Waals surface area contributed by atoms with Crippen LogP contribution in [0, 0.1) is 5.82 Å². The molecule has 0 heterocycles. The summed E-state index contributed by atoms with van der Waals surface area (Å²) in [4.78, 5) is 35.3. The number of amides is 1. The molecule has 1 N–H and O–H groups in total. The first-order chi connectivity index (χ1) is 12.9. The Bertz CT molecular complexity index is 777. The molecule has 0 bridgehead atoms. The number of carbonyl (C=O) groups excluding carboxylic acids is 3. The lowest BCUT2D eigenvalue weighted by atomic mass is 10.0. The van der Waals surface area contributed by atoms with Gasteiger partial charge in [0.15, 0.2) is 19.0 Å². The van der Waals surface area contributed by atoms with Crippen molar-refractivity contribution in [2.24, 2.45) is 0 Å². The van der Waals surface area contributed by atoms with Crippen molar-refractivity contribution in [3.05, 3.63) is 66.0 Å². The fourth-order valence-corrected chi connectivity index (χ4v) is 2.24. The molecule has 0 aliphatic rings. The molecule has 0 fully saturated rings. The van der Waals surface area contributed by atoms with Crippen molar-refractivity contribution in [1.82, 2.24) is 5.32 Å². The van der Waals surface area contributed by atoms with Crippen LogP contribution in [0.5, 0.6) is 5.75 Å². The standard InChI is InChI=1S/C20H20FNO5/c1-14(23)18(11-15-5-3-2-4-6-15)22-19(24)12-27-20(25)13-26-17-9-7-16(21)8-10-17/h2-10,18H,11-13H2,1H3,(H,22,24)/t18-/m1/s1. The fourth-order valence-electron chi connectivity index (χ4n) is 2.24. The van der Waals surface area contributed by atoms with Gasteiger partial charge < -0.3 is 14.8 Å². The highest BCUT2D eigenvalue weighted by molar-refractivity contribution is 5.88. The topological polar surface area (TPSA) is 81.7 Å². The number of carbonyl (C=O) groups is 3. The molecule has 0 saturated carbocycles. The normalized spacial score (nSPS) is 11.3. The van der Waals surface area contributed by atoms with Crippen molar-refractivity contribution in [3.63, 3.8) is 0 Å². The van der Waals surface area contributed by atoms with Crippen LogP contribution in [-0.4, -0.2) is 36.9 Å². The Morgan fingerprint density at radius 3 is 2.30 bits per heavy atom. The fraction of sp³-hybridized carbons (Fsp3) is 0.250. The summed E-state index contributed by atoms with van der Waals surface area (Å²) in [6.45, 7) is 0.444. The first-order valence-corrected chi connectivity index (χ1v) is 8.32. The van der Waals surface area contributed by atoms with E-state index in [9.17, 15) is 18.8 Å². The molecule has 2 rings (SSSR count). The van der Waals surface area contributed by atoms with Crippen molar-refractivity contribution >= 4 is 17.7 Å². The second-order valence-electron chi connectivity index (χ2n) is 5.82. The lowest BCUT2D eigenvalue weighted by molar-refractivity contribution is -0.150. The van der Waals surface area contributed by atoms with Gasteiger partial charge in [0.2, 0.25) is 0 Å². The molecule has 0 aliphatic heterocycles. The first-order valence-electron chi connectivity index (χ1n) is 8.32. The van der Waals surface area contributed by atoms with E-state index in [4.69, 9.17) is 9.47 Å². The SMILES string of the molecule is CC(=O)[C@@H](Cc1ccccc1)NC(=O)COC(=O)COc1ccc(F)cc1. The number of nitrogens with one attached hydrogen (secondary N) is 1. The van der Waals surface area contributed by atoms with E-state index in [2.05, 4.69) is 5.32 Å². The van der Waals surface area contributed by atoms with Gasteiger partial charge in [-0.05, 0) is 43.2 Å². The number of rotatable bonds is 9. The van der Waals surface area contributed by atoms with Gasteiger partial charge in [-0.2, -0.15) is 0 Å². The van der Waals surface area contributed by atoms with Crippen molar-refractivity contribution in [2.45, 2.75) is 19.4 Å². The molecule has 7 heteroatoms. The van der Waals surface area contributed by atoms with E-state index in [1.165, 1.54) is 31.2 Å². The Hall–Kier alpha value is -3.22. The molecule has 0 spiro atoms. The largest absolute Gasteiger partial charge is 0.482 e. The van der Waals surface area contributed by atoms with Gasteiger partial charge in [-0.25, -0.2) is 9.18 Å². The molecule has 0 aromatic heterocycles. The van der Waals surface area contributed by atoms with Crippen LogP contribution < -0.4 is 10.1 Å². The van der Waals surface area contributed by atoms with Crippen LogP contribution in [0.1, 0.15) is 12.5 Å². The number of ketones is 1. The summed E-state index contributed by atoms with van der Waals surface area (Å²) in [5.74, 6) is -1.65. The average Bonchev–Trinajstić information content (AvgIpc) is 2.66. The van der Waals surface area contributed by atoms with Crippen molar-refractivity contribution in [2.75, 3.05) is 13.2 Å². The predicted octanol–water partition coefficient (Wildman–Crippen LogP) is 2.06. The third-order valence-electron chi connectivity index (χ3n) is 3.64. The molecule has 1 atom stereocenters. The summed E-state index contributed by atoms with van der Waals surface area (Å²) in [6.07, 6.45) is 0.351. The van der Waals surface area contributed by atoms with E-state index in [0.717, 1.165) is 5.56 Å². The maximum absolute atomic E-state index is 12.8. The monoisotopic (exact) mass is 373 g/mol. The Labute approximate surface area is 156 Å². The predicted molar refractivity (Wildman–Crippen MR) is 95.6 cm³/mol. The van der Waals surface area contributed by atoms with Gasteiger partial charge in [0, 0.05) is 0 Å². The summed E-state index contributed by atoms with van der Waals surface area (Å²) in [5.41, 5.74) is 0.905. The minimum atomic E-state index is -0.753. The summed E-state index contributed by atoms with van der Waals surface area (Å²) in [7, 11) is 0. The van der Waals surface area contributed by atoms with Crippen LogP contribution >= 0.6 is 0 Å². The van der Waals surface area contributed by atoms with Crippen LogP contribution in [0.4, 0.5) is 4.39 Å². The number of benzene rings is 2.